The zero-order valence-electron chi connectivity index (χ0n) is 9.14. The molecule has 1 N–H and O–H groups in total. The molecule has 1 aromatic rings. The van der Waals surface area contributed by atoms with Crippen LogP contribution in [-0.2, 0) is 5.54 Å². The number of benzene rings is 1. The summed E-state index contributed by atoms with van der Waals surface area (Å²) in [5.41, 5.74) is 1.44. The normalized spacial score (nSPS) is 25.8. The van der Waals surface area contributed by atoms with Crippen LogP contribution in [0.1, 0.15) is 25.3 Å². The molecule has 0 bridgehead atoms. The van der Waals surface area contributed by atoms with Crippen molar-refractivity contribution in [3.05, 3.63) is 28.8 Å². The Morgan fingerprint density at radius 1 is 1.40 bits per heavy atom. The standard InChI is InChI=1S/C12H16ClNS/c1-12(4-3-5-14-12)9-6-10(13)8-11(7-9)15-2/h6-8,14H,3-5H2,1-2H3. The first-order valence-corrected chi connectivity index (χ1v) is 6.84. The minimum Gasteiger partial charge on any atom is -0.308 e. The fourth-order valence-corrected chi connectivity index (χ4v) is 2.93. The van der Waals surface area contributed by atoms with E-state index in [9.17, 15) is 0 Å². The van der Waals surface area contributed by atoms with Crippen LogP contribution in [0, 0.1) is 0 Å². The van der Waals surface area contributed by atoms with Crippen LogP contribution < -0.4 is 5.32 Å². The summed E-state index contributed by atoms with van der Waals surface area (Å²) >= 11 is 7.87. The Morgan fingerprint density at radius 2 is 2.20 bits per heavy atom. The van der Waals surface area contributed by atoms with Crippen LogP contribution in [0.2, 0.25) is 5.02 Å². The molecule has 1 aliphatic heterocycles. The van der Waals surface area contributed by atoms with E-state index >= 15 is 0 Å². The van der Waals surface area contributed by atoms with Crippen molar-refractivity contribution in [2.24, 2.45) is 0 Å². The number of hydrogen-bond acceptors (Lipinski definition) is 2. The zero-order valence-corrected chi connectivity index (χ0v) is 10.7. The first kappa shape index (κ1) is 11.3. The van der Waals surface area contributed by atoms with Crippen molar-refractivity contribution in [3.63, 3.8) is 0 Å². The molecule has 2 rings (SSSR count). The lowest BCUT2D eigenvalue weighted by Crippen LogP contribution is -2.33. The van der Waals surface area contributed by atoms with Gasteiger partial charge in [0.25, 0.3) is 0 Å². The number of nitrogens with one attached hydrogen (secondary N) is 1. The van der Waals surface area contributed by atoms with Crippen LogP contribution in [0.25, 0.3) is 0 Å². The number of rotatable bonds is 2. The first-order chi connectivity index (χ1) is 7.14. The molecule has 3 heteroatoms. The third-order valence-corrected chi connectivity index (χ3v) is 4.04. The van der Waals surface area contributed by atoms with E-state index in [4.69, 9.17) is 11.6 Å². The van der Waals surface area contributed by atoms with Crippen molar-refractivity contribution in [2.45, 2.75) is 30.2 Å². The molecule has 1 aliphatic rings. The van der Waals surface area contributed by atoms with Crippen molar-refractivity contribution in [1.82, 2.24) is 5.32 Å². The van der Waals surface area contributed by atoms with E-state index in [0.29, 0.717) is 0 Å². The van der Waals surface area contributed by atoms with Gasteiger partial charge in [-0.15, -0.1) is 11.8 Å². The van der Waals surface area contributed by atoms with Gasteiger partial charge in [-0.05, 0) is 56.3 Å². The van der Waals surface area contributed by atoms with Crippen molar-refractivity contribution in [3.8, 4) is 0 Å². The summed E-state index contributed by atoms with van der Waals surface area (Å²) in [6.07, 6.45) is 4.53. The predicted octanol–water partition coefficient (Wildman–Crippen LogP) is 3.66. The second-order valence-corrected chi connectivity index (χ2v) is 5.56. The van der Waals surface area contributed by atoms with E-state index in [-0.39, 0.29) is 5.54 Å². The topological polar surface area (TPSA) is 12.0 Å². The fraction of sp³-hybridized carbons (Fsp3) is 0.500. The van der Waals surface area contributed by atoms with Crippen LogP contribution in [0.5, 0.6) is 0 Å². The summed E-state index contributed by atoms with van der Waals surface area (Å²) in [7, 11) is 0. The fourth-order valence-electron chi connectivity index (χ4n) is 2.14. The van der Waals surface area contributed by atoms with Crippen LogP contribution in [0.3, 0.4) is 0 Å². The van der Waals surface area contributed by atoms with Crippen LogP contribution in [0.4, 0.5) is 0 Å². The molecule has 82 valence electrons. The highest BCUT2D eigenvalue weighted by atomic mass is 35.5. The minimum absolute atomic E-state index is 0.120. The molecular formula is C12H16ClNS. The lowest BCUT2D eigenvalue weighted by atomic mass is 9.91. The van der Waals surface area contributed by atoms with E-state index < -0.39 is 0 Å². The van der Waals surface area contributed by atoms with Gasteiger partial charge in [0.15, 0.2) is 0 Å². The average molecular weight is 242 g/mol. The molecule has 1 heterocycles. The monoisotopic (exact) mass is 241 g/mol. The Kier molecular flexibility index (Phi) is 3.29. The molecule has 1 aromatic carbocycles. The second-order valence-electron chi connectivity index (χ2n) is 4.24. The number of hydrogen-bond donors (Lipinski definition) is 1. The van der Waals surface area contributed by atoms with Crippen molar-refractivity contribution in [1.29, 1.82) is 0 Å². The summed E-state index contributed by atoms with van der Waals surface area (Å²) in [4.78, 5) is 1.24. The predicted molar refractivity (Wildman–Crippen MR) is 67.8 cm³/mol. The van der Waals surface area contributed by atoms with Crippen LogP contribution in [0.15, 0.2) is 23.1 Å². The minimum atomic E-state index is 0.120. The van der Waals surface area contributed by atoms with E-state index in [0.717, 1.165) is 11.6 Å². The molecule has 1 unspecified atom stereocenters. The Morgan fingerprint density at radius 3 is 2.80 bits per heavy atom. The van der Waals surface area contributed by atoms with E-state index in [1.807, 2.05) is 6.07 Å². The third-order valence-electron chi connectivity index (χ3n) is 3.11. The Balaban J connectivity index is 2.38. The van der Waals surface area contributed by atoms with Crippen molar-refractivity contribution >= 4 is 23.4 Å². The third kappa shape index (κ3) is 2.32. The second kappa shape index (κ2) is 4.36. The summed E-state index contributed by atoms with van der Waals surface area (Å²) in [5.74, 6) is 0. The number of halogens is 1. The SMILES string of the molecule is CSc1cc(Cl)cc(C2(C)CCCN2)c1. The molecular weight excluding hydrogens is 226 g/mol. The van der Waals surface area contributed by atoms with E-state index in [1.54, 1.807) is 11.8 Å². The maximum atomic E-state index is 6.13. The molecule has 0 aliphatic carbocycles. The maximum Gasteiger partial charge on any atom is 0.0420 e. The summed E-state index contributed by atoms with van der Waals surface area (Å²) in [5, 5.41) is 4.40. The molecule has 0 radical (unpaired) electrons. The molecule has 1 atom stereocenters. The molecule has 1 nitrogen and oxygen atoms in total. The molecule has 0 aromatic heterocycles. The van der Waals surface area contributed by atoms with Gasteiger partial charge in [0, 0.05) is 15.5 Å². The van der Waals surface area contributed by atoms with Crippen LogP contribution >= 0.6 is 23.4 Å². The molecule has 1 fully saturated rings. The van der Waals surface area contributed by atoms with Gasteiger partial charge < -0.3 is 5.32 Å². The molecule has 0 spiro atoms. The van der Waals surface area contributed by atoms with Gasteiger partial charge >= 0.3 is 0 Å². The molecule has 0 amide bonds. The van der Waals surface area contributed by atoms with E-state index in [1.165, 1.54) is 23.3 Å². The zero-order chi connectivity index (χ0) is 10.9. The van der Waals surface area contributed by atoms with E-state index in [2.05, 4.69) is 30.6 Å². The molecule has 15 heavy (non-hydrogen) atoms. The van der Waals surface area contributed by atoms with Gasteiger partial charge in [0.2, 0.25) is 0 Å². The Bertz CT molecular complexity index is 359. The lowest BCUT2D eigenvalue weighted by Gasteiger charge is -2.25. The van der Waals surface area contributed by atoms with Crippen LogP contribution in [-0.4, -0.2) is 12.8 Å². The smallest absolute Gasteiger partial charge is 0.0420 e. The summed E-state index contributed by atoms with van der Waals surface area (Å²) in [6, 6.07) is 6.35. The van der Waals surface area contributed by atoms with Gasteiger partial charge in [0.1, 0.15) is 0 Å². The first-order valence-electron chi connectivity index (χ1n) is 5.24. The molecule has 1 saturated heterocycles. The molecule has 0 saturated carbocycles. The Hall–Kier alpha value is -0.180. The van der Waals surface area contributed by atoms with Gasteiger partial charge in [-0.25, -0.2) is 0 Å². The highest BCUT2D eigenvalue weighted by Gasteiger charge is 2.30. The van der Waals surface area contributed by atoms with Crippen molar-refractivity contribution < 1.29 is 0 Å². The largest absolute Gasteiger partial charge is 0.308 e. The highest BCUT2D eigenvalue weighted by Crippen LogP contribution is 2.34. The van der Waals surface area contributed by atoms with Gasteiger partial charge in [0.05, 0.1) is 0 Å². The summed E-state index contributed by atoms with van der Waals surface area (Å²) < 4.78 is 0. The lowest BCUT2D eigenvalue weighted by molar-refractivity contribution is 0.434. The van der Waals surface area contributed by atoms with Crippen molar-refractivity contribution in [2.75, 3.05) is 12.8 Å². The van der Waals surface area contributed by atoms with Gasteiger partial charge in [-0.3, -0.25) is 0 Å². The van der Waals surface area contributed by atoms with Gasteiger partial charge in [-0.1, -0.05) is 11.6 Å². The van der Waals surface area contributed by atoms with Gasteiger partial charge in [-0.2, -0.15) is 0 Å². The Labute approximate surface area is 101 Å². The maximum absolute atomic E-state index is 6.13. The summed E-state index contributed by atoms with van der Waals surface area (Å²) in [6.45, 7) is 3.37. The average Bonchev–Trinajstić information content (AvgIpc) is 2.65. The number of thioether (sulfide) groups is 1. The quantitative estimate of drug-likeness (QED) is 0.794. The highest BCUT2D eigenvalue weighted by molar-refractivity contribution is 7.98.